The third-order valence-electron chi connectivity index (χ3n) is 5.02. The highest BCUT2D eigenvalue weighted by Gasteiger charge is 2.08. The van der Waals surface area contributed by atoms with Crippen molar-refractivity contribution in [2.24, 2.45) is 34.6 Å². The first kappa shape index (κ1) is 29.9. The van der Waals surface area contributed by atoms with Crippen LogP contribution in [0, 0.1) is 0 Å². The number of unbranched alkanes of at least 4 members (excludes halogenated alkanes) is 1. The van der Waals surface area contributed by atoms with Gasteiger partial charge in [0, 0.05) is 45.6 Å². The second-order valence-electron chi connectivity index (χ2n) is 8.06. The van der Waals surface area contributed by atoms with Crippen LogP contribution >= 0.6 is 22.7 Å². The molecule has 206 valence electrons. The summed E-state index contributed by atoms with van der Waals surface area (Å²) >= 11 is 3.13. The molecule has 0 saturated carbocycles. The van der Waals surface area contributed by atoms with E-state index in [0.717, 1.165) is 58.9 Å². The number of azo groups is 2. The first-order chi connectivity index (χ1) is 18.7. The molecule has 4 aromatic rings. The zero-order valence-electron chi connectivity index (χ0n) is 21.3. The summed E-state index contributed by atoms with van der Waals surface area (Å²) in [4.78, 5) is 0. The number of aromatic nitrogens is 2. The quantitative estimate of drug-likeness (QED) is 0.0799. The molecule has 12 nitrogen and oxygen atoms in total. The molecule has 39 heavy (non-hydrogen) atoms. The van der Waals surface area contributed by atoms with Crippen LogP contribution in [0.1, 0.15) is 12.8 Å². The maximum atomic E-state index is 8.52. The lowest BCUT2D eigenvalue weighted by atomic mass is 10.2. The van der Waals surface area contributed by atoms with Crippen LogP contribution in [0.3, 0.4) is 0 Å². The summed E-state index contributed by atoms with van der Waals surface area (Å²) in [5, 5.41) is 29.8. The summed E-state index contributed by atoms with van der Waals surface area (Å²) in [6.07, 6.45) is 6.10. The molecule has 0 saturated heterocycles. The highest BCUT2D eigenvalue weighted by Crippen LogP contribution is 2.22. The van der Waals surface area contributed by atoms with Crippen LogP contribution in [0.15, 0.2) is 92.1 Å². The van der Waals surface area contributed by atoms with Crippen LogP contribution in [0.5, 0.6) is 0 Å². The van der Waals surface area contributed by atoms with Crippen molar-refractivity contribution in [2.45, 2.75) is 12.8 Å². The van der Waals surface area contributed by atoms with Crippen LogP contribution in [-0.4, -0.2) is 30.6 Å². The Bertz CT molecular complexity index is 1360. The van der Waals surface area contributed by atoms with Crippen molar-refractivity contribution in [2.75, 3.05) is 23.7 Å². The summed E-state index contributed by atoms with van der Waals surface area (Å²) in [6, 6.07) is 16.1. The molecule has 0 spiro atoms. The molecule has 2 N–H and O–H groups in total. The highest BCUT2D eigenvalue weighted by atomic mass is 32.3. The fourth-order valence-corrected chi connectivity index (χ4v) is 4.42. The van der Waals surface area contributed by atoms with Gasteiger partial charge in [-0.2, -0.15) is 0 Å². The summed E-state index contributed by atoms with van der Waals surface area (Å²) in [5.74, 6) is 0. The minimum atomic E-state index is -5.17. The molecule has 15 heteroatoms. The maximum Gasteiger partial charge on any atom is 0.408 e. The fraction of sp³-hybridized carbons (Fsp3) is 0.250. The standard InChI is InChI=1S/C24H26N8S2.H2O4S/c1-31-15-17-33-23(31)29-27-21-9-5-19(6-10-21)25-13-3-4-14-26-20-7-11-22(12-8-20)28-30-24-32(2)16-18-34-24;1-5(2,3)4/h5-12,15-18H,3-4,13-14H2,1-2H3;(H2,1,2,3,4). The van der Waals surface area contributed by atoms with Crippen molar-refractivity contribution < 1.29 is 26.7 Å². The lowest BCUT2D eigenvalue weighted by Gasteiger charge is -2.08. The lowest BCUT2D eigenvalue weighted by molar-refractivity contribution is -0.654. The van der Waals surface area contributed by atoms with Crippen molar-refractivity contribution in [1.29, 1.82) is 0 Å². The normalized spacial score (nSPS) is 11.5. The molecule has 2 aromatic carbocycles. The number of nitrogens with zero attached hydrogens (tertiary/aromatic N) is 6. The molecule has 0 aliphatic carbocycles. The summed E-state index contributed by atoms with van der Waals surface area (Å²) in [5.41, 5.74) is 3.87. The van der Waals surface area contributed by atoms with E-state index < -0.39 is 10.4 Å². The van der Waals surface area contributed by atoms with E-state index in [1.165, 1.54) is 0 Å². The van der Waals surface area contributed by atoms with Gasteiger partial charge in [0.15, 0.2) is 0 Å². The average Bonchev–Trinajstić information content (AvgIpc) is 3.51. The highest BCUT2D eigenvalue weighted by molar-refractivity contribution is 7.79. The molecule has 0 aliphatic rings. The molecule has 0 atom stereocenters. The summed E-state index contributed by atoms with van der Waals surface area (Å²) in [6.45, 7) is 1.85. The number of benzene rings is 2. The number of anilines is 2. The van der Waals surface area contributed by atoms with E-state index >= 15 is 0 Å². The molecular weight excluding hydrogens is 561 g/mol. The van der Waals surface area contributed by atoms with E-state index in [4.69, 9.17) is 17.5 Å². The number of hydrogen-bond donors (Lipinski definition) is 2. The number of hydrogen-bond acceptors (Lipinski definition) is 12. The van der Waals surface area contributed by atoms with E-state index in [1.807, 2.05) is 94.9 Å². The third-order valence-corrected chi connectivity index (χ3v) is 6.69. The number of thiazole rings is 2. The van der Waals surface area contributed by atoms with Crippen LogP contribution in [0.2, 0.25) is 0 Å². The van der Waals surface area contributed by atoms with Crippen LogP contribution in [0.4, 0.5) is 33.0 Å². The Morgan fingerprint density at radius 3 is 1.36 bits per heavy atom. The van der Waals surface area contributed by atoms with Crippen molar-refractivity contribution >= 4 is 66.1 Å². The number of aryl methyl sites for hydroxylation is 2. The topological polar surface area (TPSA) is 162 Å². The van der Waals surface area contributed by atoms with E-state index in [1.54, 1.807) is 22.7 Å². The molecule has 0 amide bonds. The first-order valence-electron chi connectivity index (χ1n) is 11.7. The molecule has 0 radical (unpaired) electrons. The Hall–Kier alpha value is -3.63. The van der Waals surface area contributed by atoms with E-state index in [2.05, 4.69) is 31.1 Å². The van der Waals surface area contributed by atoms with Gasteiger partial charge in [-0.3, -0.25) is 8.42 Å². The van der Waals surface area contributed by atoms with Crippen molar-refractivity contribution in [3.8, 4) is 0 Å². The minimum Gasteiger partial charge on any atom is -0.759 e. The zero-order chi connectivity index (χ0) is 28.1. The Morgan fingerprint density at radius 1 is 0.692 bits per heavy atom. The third kappa shape index (κ3) is 11.7. The van der Waals surface area contributed by atoms with Gasteiger partial charge >= 0.3 is 10.3 Å². The molecule has 0 bridgehead atoms. The molecule has 0 aliphatic heterocycles. The van der Waals surface area contributed by atoms with Crippen molar-refractivity contribution in [3.63, 3.8) is 0 Å². The van der Waals surface area contributed by atoms with Gasteiger partial charge in [0.25, 0.3) is 0 Å². The van der Waals surface area contributed by atoms with Crippen LogP contribution in [0.25, 0.3) is 0 Å². The summed E-state index contributed by atoms with van der Waals surface area (Å²) in [7, 11) is -1.24. The Morgan fingerprint density at radius 2 is 1.05 bits per heavy atom. The minimum absolute atomic E-state index is 0.844. The summed E-state index contributed by atoms with van der Waals surface area (Å²) < 4.78 is 38.0. The maximum absolute atomic E-state index is 8.52. The largest absolute Gasteiger partial charge is 0.759 e. The van der Waals surface area contributed by atoms with E-state index in [9.17, 15) is 0 Å². The molecule has 2 aromatic heterocycles. The van der Waals surface area contributed by atoms with Gasteiger partial charge in [0.2, 0.25) is 0 Å². The van der Waals surface area contributed by atoms with Crippen molar-refractivity contribution in [3.05, 3.63) is 71.7 Å². The first-order valence-corrected chi connectivity index (χ1v) is 14.8. The predicted octanol–water partition coefficient (Wildman–Crippen LogP) is 5.26. The average molecular weight is 589 g/mol. The van der Waals surface area contributed by atoms with Gasteiger partial charge in [-0.1, -0.05) is 0 Å². The molecule has 2 heterocycles. The van der Waals surface area contributed by atoms with Crippen LogP contribution in [-0.2, 0) is 24.5 Å². The Labute approximate surface area is 235 Å². The van der Waals surface area contributed by atoms with Gasteiger partial charge < -0.3 is 19.7 Å². The van der Waals surface area contributed by atoms with Gasteiger partial charge in [-0.15, -0.1) is 0 Å². The molecule has 4 rings (SSSR count). The fourth-order valence-electron chi connectivity index (χ4n) is 3.06. The lowest BCUT2D eigenvalue weighted by Crippen LogP contribution is -2.23. The van der Waals surface area contributed by atoms with Gasteiger partial charge in [-0.05, 0) is 94.3 Å². The Kier molecular flexibility index (Phi) is 11.6. The molecule has 0 unspecified atom stereocenters. The Balaban J connectivity index is 0.000000771. The number of nitrogens with one attached hydrogen (secondary N) is 2. The van der Waals surface area contributed by atoms with Crippen molar-refractivity contribution in [1.82, 2.24) is 0 Å². The van der Waals surface area contributed by atoms with Gasteiger partial charge in [-0.25, -0.2) is 9.13 Å². The monoisotopic (exact) mass is 588 g/mol. The second kappa shape index (κ2) is 15.1. The van der Waals surface area contributed by atoms with Gasteiger partial charge in [0.1, 0.15) is 23.8 Å². The predicted molar refractivity (Wildman–Crippen MR) is 149 cm³/mol. The smallest absolute Gasteiger partial charge is 0.408 e. The van der Waals surface area contributed by atoms with E-state index in [-0.39, 0.29) is 0 Å². The molecule has 0 fully saturated rings. The van der Waals surface area contributed by atoms with E-state index in [0.29, 0.717) is 0 Å². The van der Waals surface area contributed by atoms with Crippen LogP contribution < -0.4 is 19.8 Å². The number of rotatable bonds is 11. The SMILES string of the molecule is C[n+]1ccsc1N=Nc1ccc(NCCCCNc2ccc(N=Nc3scc[n+]3C)cc2)cc1.O=S(=O)([O-])[O-]. The zero-order valence-corrected chi connectivity index (χ0v) is 23.7. The molecular formula is C24H28N8O4S3. The second-order valence-corrected chi connectivity index (χ2v) is 10.6. The van der Waals surface area contributed by atoms with Gasteiger partial charge in [0.05, 0.1) is 24.3 Å².